The number of benzene rings is 3. The number of esters is 1. The third kappa shape index (κ3) is 5.12. The summed E-state index contributed by atoms with van der Waals surface area (Å²) in [7, 11) is 1.44. The summed E-state index contributed by atoms with van der Waals surface area (Å²) in [5.41, 5.74) is 1.64. The minimum absolute atomic E-state index is 0.0555. The van der Waals surface area contributed by atoms with Crippen LogP contribution in [-0.2, 0) is 11.3 Å². The van der Waals surface area contributed by atoms with Gasteiger partial charge in [0.25, 0.3) is 11.1 Å². The Kier molecular flexibility index (Phi) is 6.55. The highest BCUT2D eigenvalue weighted by atomic mass is 32.2. The monoisotopic (exact) mass is 463 g/mol. The molecule has 0 aliphatic carbocycles. The summed E-state index contributed by atoms with van der Waals surface area (Å²) in [5.74, 6) is -0.817. The molecule has 1 aliphatic heterocycles. The van der Waals surface area contributed by atoms with Gasteiger partial charge in [0.05, 0.1) is 24.1 Å². The molecule has 0 atom stereocenters. The maximum atomic E-state index is 13.1. The maximum absolute atomic E-state index is 13.1. The number of rotatable bonds is 6. The van der Waals surface area contributed by atoms with Gasteiger partial charge in [-0.05, 0) is 65.4 Å². The van der Waals surface area contributed by atoms with Gasteiger partial charge in [0.15, 0.2) is 11.5 Å². The second-order valence-corrected chi connectivity index (χ2v) is 8.05. The number of amides is 2. The second-order valence-electron chi connectivity index (χ2n) is 7.06. The zero-order valence-electron chi connectivity index (χ0n) is 17.5. The van der Waals surface area contributed by atoms with Crippen LogP contribution in [0, 0.1) is 5.82 Å². The molecular weight excluding hydrogens is 445 g/mol. The molecule has 166 valence electrons. The average Bonchev–Trinajstić information content (AvgIpc) is 3.09. The molecule has 4 rings (SSSR count). The summed E-state index contributed by atoms with van der Waals surface area (Å²) >= 11 is 0.823. The van der Waals surface area contributed by atoms with Gasteiger partial charge in [-0.3, -0.25) is 14.5 Å². The van der Waals surface area contributed by atoms with E-state index in [1.54, 1.807) is 54.6 Å². The Balaban J connectivity index is 1.51. The van der Waals surface area contributed by atoms with Gasteiger partial charge in [-0.2, -0.15) is 0 Å². The minimum Gasteiger partial charge on any atom is -0.493 e. The molecule has 1 aliphatic rings. The molecule has 1 saturated heterocycles. The fourth-order valence-electron chi connectivity index (χ4n) is 3.15. The SMILES string of the molecule is COc1cc(/C=C2\SC(=O)N(Cc3ccc(F)cc3)C2=O)ccc1OC(=O)c1ccccc1. The fraction of sp³-hybridized carbons (Fsp3) is 0.0800. The van der Waals surface area contributed by atoms with Crippen LogP contribution in [0.3, 0.4) is 0 Å². The molecular formula is C25H18FNO5S. The highest BCUT2D eigenvalue weighted by molar-refractivity contribution is 8.18. The van der Waals surface area contributed by atoms with Gasteiger partial charge in [0.2, 0.25) is 0 Å². The molecule has 33 heavy (non-hydrogen) atoms. The molecule has 2 amide bonds. The van der Waals surface area contributed by atoms with Gasteiger partial charge in [0, 0.05) is 0 Å². The van der Waals surface area contributed by atoms with Crippen molar-refractivity contribution in [2.24, 2.45) is 0 Å². The quantitative estimate of drug-likeness (QED) is 0.281. The maximum Gasteiger partial charge on any atom is 0.343 e. The van der Waals surface area contributed by atoms with Crippen LogP contribution in [0.1, 0.15) is 21.5 Å². The lowest BCUT2D eigenvalue weighted by molar-refractivity contribution is -0.123. The van der Waals surface area contributed by atoms with Gasteiger partial charge in [-0.15, -0.1) is 0 Å². The third-order valence-corrected chi connectivity index (χ3v) is 5.73. The first-order chi connectivity index (χ1) is 15.9. The number of halogens is 1. The van der Waals surface area contributed by atoms with E-state index in [4.69, 9.17) is 9.47 Å². The lowest BCUT2D eigenvalue weighted by Crippen LogP contribution is -2.27. The van der Waals surface area contributed by atoms with Crippen molar-refractivity contribution in [1.29, 1.82) is 0 Å². The van der Waals surface area contributed by atoms with E-state index in [1.807, 2.05) is 0 Å². The summed E-state index contributed by atoms with van der Waals surface area (Å²) < 4.78 is 23.9. The molecule has 1 fully saturated rings. The van der Waals surface area contributed by atoms with Crippen molar-refractivity contribution in [3.63, 3.8) is 0 Å². The number of hydrogen-bond donors (Lipinski definition) is 0. The number of imide groups is 1. The molecule has 0 N–H and O–H groups in total. The Morgan fingerprint density at radius 3 is 2.42 bits per heavy atom. The largest absolute Gasteiger partial charge is 0.493 e. The van der Waals surface area contributed by atoms with Crippen LogP contribution in [0.2, 0.25) is 0 Å². The van der Waals surface area contributed by atoms with Crippen LogP contribution in [0.25, 0.3) is 6.08 Å². The van der Waals surface area contributed by atoms with Crippen molar-refractivity contribution in [1.82, 2.24) is 4.90 Å². The summed E-state index contributed by atoms with van der Waals surface area (Å²) in [6, 6.07) is 19.0. The van der Waals surface area contributed by atoms with Crippen molar-refractivity contribution in [2.45, 2.75) is 6.54 Å². The molecule has 8 heteroatoms. The Bertz CT molecular complexity index is 1240. The molecule has 0 unspecified atom stereocenters. The highest BCUT2D eigenvalue weighted by Gasteiger charge is 2.35. The van der Waals surface area contributed by atoms with E-state index in [9.17, 15) is 18.8 Å². The van der Waals surface area contributed by atoms with E-state index in [2.05, 4.69) is 0 Å². The first-order valence-corrected chi connectivity index (χ1v) is 10.7. The van der Waals surface area contributed by atoms with E-state index in [1.165, 1.54) is 31.4 Å². The summed E-state index contributed by atoms with van der Waals surface area (Å²) in [6.45, 7) is 0.0555. The molecule has 0 saturated carbocycles. The number of carbonyl (C=O) groups excluding carboxylic acids is 3. The fourth-order valence-corrected chi connectivity index (χ4v) is 3.99. The van der Waals surface area contributed by atoms with Gasteiger partial charge < -0.3 is 9.47 Å². The number of nitrogens with zero attached hydrogens (tertiary/aromatic N) is 1. The van der Waals surface area contributed by atoms with Crippen molar-refractivity contribution in [3.8, 4) is 11.5 Å². The number of ether oxygens (including phenoxy) is 2. The van der Waals surface area contributed by atoms with Crippen LogP contribution < -0.4 is 9.47 Å². The van der Waals surface area contributed by atoms with E-state index in [0.29, 0.717) is 22.4 Å². The first-order valence-electron chi connectivity index (χ1n) is 9.89. The predicted octanol–water partition coefficient (Wildman–Crippen LogP) is 5.29. The van der Waals surface area contributed by atoms with Crippen molar-refractivity contribution < 1.29 is 28.2 Å². The Morgan fingerprint density at radius 2 is 1.73 bits per heavy atom. The zero-order chi connectivity index (χ0) is 23.4. The molecule has 3 aromatic carbocycles. The summed E-state index contributed by atoms with van der Waals surface area (Å²) in [5, 5.41) is -0.407. The van der Waals surface area contributed by atoms with Crippen LogP contribution in [0.4, 0.5) is 9.18 Å². The molecule has 0 spiro atoms. The van der Waals surface area contributed by atoms with Gasteiger partial charge in [-0.25, -0.2) is 9.18 Å². The van der Waals surface area contributed by atoms with E-state index >= 15 is 0 Å². The molecule has 0 radical (unpaired) electrons. The number of hydrogen-bond acceptors (Lipinski definition) is 6. The van der Waals surface area contributed by atoms with E-state index < -0.39 is 17.1 Å². The predicted molar refractivity (Wildman–Crippen MR) is 122 cm³/mol. The van der Waals surface area contributed by atoms with Crippen LogP contribution in [0.5, 0.6) is 11.5 Å². The Hall–Kier alpha value is -3.91. The van der Waals surface area contributed by atoms with Gasteiger partial charge in [0.1, 0.15) is 5.82 Å². The topological polar surface area (TPSA) is 72.9 Å². The number of carbonyl (C=O) groups is 3. The van der Waals surface area contributed by atoms with Crippen LogP contribution in [0.15, 0.2) is 77.7 Å². The molecule has 3 aromatic rings. The second kappa shape index (κ2) is 9.70. The first kappa shape index (κ1) is 22.3. The number of thioether (sulfide) groups is 1. The standard InChI is InChI=1S/C25H18FNO5S/c1-31-21-13-17(9-12-20(21)32-24(29)18-5-3-2-4-6-18)14-22-23(28)27(25(30)33-22)15-16-7-10-19(26)11-8-16/h2-14H,15H2,1H3/b22-14-. The van der Waals surface area contributed by atoms with Crippen molar-refractivity contribution in [3.05, 3.63) is 100 Å². The average molecular weight is 463 g/mol. The van der Waals surface area contributed by atoms with Crippen molar-refractivity contribution in [2.75, 3.05) is 7.11 Å². The van der Waals surface area contributed by atoms with E-state index in [-0.39, 0.29) is 23.0 Å². The summed E-state index contributed by atoms with van der Waals surface area (Å²) in [6.07, 6.45) is 1.57. The Morgan fingerprint density at radius 1 is 1.00 bits per heavy atom. The lowest BCUT2D eigenvalue weighted by atomic mass is 10.1. The third-order valence-electron chi connectivity index (χ3n) is 4.83. The minimum atomic E-state index is -0.524. The molecule has 1 heterocycles. The van der Waals surface area contributed by atoms with Crippen LogP contribution >= 0.6 is 11.8 Å². The molecule has 0 aromatic heterocycles. The smallest absolute Gasteiger partial charge is 0.343 e. The zero-order valence-corrected chi connectivity index (χ0v) is 18.3. The lowest BCUT2D eigenvalue weighted by Gasteiger charge is -2.12. The Labute approximate surface area is 193 Å². The van der Waals surface area contributed by atoms with Gasteiger partial charge in [-0.1, -0.05) is 36.4 Å². The highest BCUT2D eigenvalue weighted by Crippen LogP contribution is 2.35. The summed E-state index contributed by atoms with van der Waals surface area (Å²) in [4.78, 5) is 38.8. The van der Waals surface area contributed by atoms with Crippen molar-refractivity contribution >= 4 is 35.0 Å². The molecule has 6 nitrogen and oxygen atoms in total. The van der Waals surface area contributed by atoms with E-state index in [0.717, 1.165) is 16.7 Å². The molecule has 0 bridgehead atoms. The number of methoxy groups -OCH3 is 1. The van der Waals surface area contributed by atoms with Gasteiger partial charge >= 0.3 is 5.97 Å². The normalized spacial score (nSPS) is 14.6. The van der Waals surface area contributed by atoms with Crippen LogP contribution in [-0.4, -0.2) is 29.1 Å².